The van der Waals surface area contributed by atoms with E-state index in [4.69, 9.17) is 33.7 Å². The lowest BCUT2D eigenvalue weighted by Crippen LogP contribution is -2.15. The number of anilines is 1. The molecule has 0 heterocycles. The molecule has 18 heavy (non-hydrogen) atoms. The van der Waals surface area contributed by atoms with E-state index in [1.54, 1.807) is 0 Å². The van der Waals surface area contributed by atoms with Crippen molar-refractivity contribution in [3.63, 3.8) is 0 Å². The lowest BCUT2D eigenvalue weighted by Gasteiger charge is -2.07. The van der Waals surface area contributed by atoms with Crippen molar-refractivity contribution in [2.75, 3.05) is 24.3 Å². The summed E-state index contributed by atoms with van der Waals surface area (Å²) in [4.78, 5) is 11.6. The number of esters is 1. The van der Waals surface area contributed by atoms with Gasteiger partial charge in [0, 0.05) is 11.9 Å². The van der Waals surface area contributed by atoms with Crippen molar-refractivity contribution in [2.45, 2.75) is 0 Å². The van der Waals surface area contributed by atoms with Crippen LogP contribution in [0.1, 0.15) is 10.4 Å². The molecule has 5 nitrogen and oxygen atoms in total. The summed E-state index contributed by atoms with van der Waals surface area (Å²) in [6.07, 6.45) is 1.05. The molecule has 0 fully saturated rings. The number of carbonyl (C=O) groups is 1. The molecule has 0 bridgehead atoms. The molecule has 0 aliphatic rings. The maximum absolute atomic E-state index is 11.6. The van der Waals surface area contributed by atoms with E-state index in [-0.39, 0.29) is 33.7 Å². The topological polar surface area (TPSA) is 86.5 Å². The molecule has 0 atom stereocenters. The van der Waals surface area contributed by atoms with Crippen molar-refractivity contribution in [2.24, 2.45) is 0 Å². The third kappa shape index (κ3) is 4.36. The van der Waals surface area contributed by atoms with Gasteiger partial charge in [0.05, 0.1) is 21.4 Å². The van der Waals surface area contributed by atoms with Crippen LogP contribution in [0.4, 0.5) is 5.69 Å². The van der Waals surface area contributed by atoms with Gasteiger partial charge in [-0.1, -0.05) is 23.2 Å². The molecule has 0 spiro atoms. The van der Waals surface area contributed by atoms with Crippen molar-refractivity contribution >= 4 is 44.7 Å². The zero-order chi connectivity index (χ0) is 13.9. The summed E-state index contributed by atoms with van der Waals surface area (Å²) in [5.41, 5.74) is 5.79. The van der Waals surface area contributed by atoms with Crippen LogP contribution in [0.25, 0.3) is 0 Å². The lowest BCUT2D eigenvalue weighted by atomic mass is 10.2. The number of nitrogen functional groups attached to an aromatic ring is 1. The van der Waals surface area contributed by atoms with Crippen LogP contribution in [0, 0.1) is 0 Å². The number of benzene rings is 1. The van der Waals surface area contributed by atoms with Crippen LogP contribution in [0.5, 0.6) is 0 Å². The molecular formula is C10H11Cl2NO4S. The van der Waals surface area contributed by atoms with Crippen molar-refractivity contribution in [1.82, 2.24) is 0 Å². The molecule has 0 aliphatic carbocycles. The molecule has 1 aromatic rings. The van der Waals surface area contributed by atoms with Crippen LogP contribution in [-0.2, 0) is 14.6 Å². The molecule has 1 rings (SSSR count). The summed E-state index contributed by atoms with van der Waals surface area (Å²) in [5, 5.41) is 0.155. The Labute approximate surface area is 115 Å². The van der Waals surface area contributed by atoms with E-state index in [0.29, 0.717) is 0 Å². The Morgan fingerprint density at radius 2 is 2.00 bits per heavy atom. The Hall–Kier alpha value is -0.980. The highest BCUT2D eigenvalue weighted by Gasteiger charge is 2.16. The molecule has 0 amide bonds. The van der Waals surface area contributed by atoms with Crippen LogP contribution in [-0.4, -0.2) is 33.0 Å². The number of sulfone groups is 1. The molecule has 0 saturated heterocycles. The Morgan fingerprint density at radius 3 is 2.56 bits per heavy atom. The van der Waals surface area contributed by atoms with Gasteiger partial charge in [-0.25, -0.2) is 13.2 Å². The van der Waals surface area contributed by atoms with Crippen LogP contribution >= 0.6 is 23.2 Å². The highest BCUT2D eigenvalue weighted by molar-refractivity contribution is 7.90. The summed E-state index contributed by atoms with van der Waals surface area (Å²) < 4.78 is 26.5. The highest BCUT2D eigenvalue weighted by atomic mass is 35.5. The number of carbonyl (C=O) groups excluding carboxylic acids is 1. The predicted molar refractivity (Wildman–Crippen MR) is 70.9 cm³/mol. The van der Waals surface area contributed by atoms with E-state index < -0.39 is 15.8 Å². The third-order valence-electron chi connectivity index (χ3n) is 1.96. The number of rotatable bonds is 4. The fourth-order valence-corrected chi connectivity index (χ4v) is 1.92. The molecule has 1 aromatic carbocycles. The van der Waals surface area contributed by atoms with Crippen molar-refractivity contribution in [3.05, 3.63) is 27.7 Å². The fourth-order valence-electron chi connectivity index (χ4n) is 1.12. The number of halogens is 2. The minimum absolute atomic E-state index is 0.00941. The standard InChI is InChI=1S/C10H11Cl2NO4S/c1-18(15,16)3-2-17-10(14)7-4-6(13)5-8(11)9(7)12/h4-5H,2-3,13H2,1H3. The normalized spacial score (nSPS) is 11.3. The van der Waals surface area contributed by atoms with Crippen LogP contribution < -0.4 is 5.73 Å². The molecule has 0 aromatic heterocycles. The van der Waals surface area contributed by atoms with Gasteiger partial charge in [0.15, 0.2) is 9.84 Å². The van der Waals surface area contributed by atoms with Gasteiger partial charge in [0.25, 0.3) is 0 Å². The largest absolute Gasteiger partial charge is 0.461 e. The first kappa shape index (κ1) is 15.1. The molecule has 0 aliphatic heterocycles. The SMILES string of the molecule is CS(=O)(=O)CCOC(=O)c1cc(N)cc(Cl)c1Cl. The van der Waals surface area contributed by atoms with E-state index in [9.17, 15) is 13.2 Å². The van der Waals surface area contributed by atoms with Gasteiger partial charge in [0.2, 0.25) is 0 Å². The second kappa shape index (κ2) is 5.77. The monoisotopic (exact) mass is 311 g/mol. The van der Waals surface area contributed by atoms with Crippen molar-refractivity contribution in [1.29, 1.82) is 0 Å². The Bertz CT molecular complexity index is 571. The summed E-state index contributed by atoms with van der Waals surface area (Å²) in [7, 11) is -3.19. The van der Waals surface area contributed by atoms with Crippen LogP contribution in [0.2, 0.25) is 10.0 Å². The Balaban J connectivity index is 2.79. The van der Waals surface area contributed by atoms with Crippen molar-refractivity contribution in [3.8, 4) is 0 Å². The average Bonchev–Trinajstić information content (AvgIpc) is 2.21. The van der Waals surface area contributed by atoms with E-state index in [1.165, 1.54) is 12.1 Å². The second-order valence-electron chi connectivity index (χ2n) is 3.63. The number of nitrogens with two attached hydrogens (primary N) is 1. The van der Waals surface area contributed by atoms with Crippen LogP contribution in [0.3, 0.4) is 0 Å². The second-order valence-corrected chi connectivity index (χ2v) is 6.67. The zero-order valence-electron chi connectivity index (χ0n) is 9.44. The first-order valence-corrected chi connectivity index (χ1v) is 7.61. The molecule has 0 unspecified atom stereocenters. The summed E-state index contributed by atoms with van der Waals surface area (Å²) in [6, 6.07) is 2.72. The van der Waals surface area contributed by atoms with Gasteiger partial charge in [0.1, 0.15) is 6.61 Å². The molecule has 0 radical (unpaired) electrons. The summed E-state index contributed by atoms with van der Waals surface area (Å²) >= 11 is 11.6. The highest BCUT2D eigenvalue weighted by Crippen LogP contribution is 2.29. The quantitative estimate of drug-likeness (QED) is 0.676. The fraction of sp³-hybridized carbons (Fsp3) is 0.300. The average molecular weight is 312 g/mol. The van der Waals surface area contributed by atoms with Gasteiger partial charge in [-0.05, 0) is 12.1 Å². The van der Waals surface area contributed by atoms with Gasteiger partial charge in [-0.3, -0.25) is 0 Å². The first-order valence-electron chi connectivity index (χ1n) is 4.80. The van der Waals surface area contributed by atoms with E-state index in [0.717, 1.165) is 6.26 Å². The molecule has 8 heteroatoms. The minimum atomic E-state index is -3.19. The van der Waals surface area contributed by atoms with Gasteiger partial charge in [-0.15, -0.1) is 0 Å². The third-order valence-corrected chi connectivity index (χ3v) is 3.67. The number of ether oxygens (including phenoxy) is 1. The van der Waals surface area contributed by atoms with Gasteiger partial charge >= 0.3 is 5.97 Å². The molecular weight excluding hydrogens is 301 g/mol. The molecule has 2 N–H and O–H groups in total. The van der Waals surface area contributed by atoms with E-state index >= 15 is 0 Å². The Kier molecular flexibility index (Phi) is 4.84. The zero-order valence-corrected chi connectivity index (χ0v) is 11.8. The lowest BCUT2D eigenvalue weighted by molar-refractivity contribution is 0.0529. The Morgan fingerprint density at radius 1 is 1.39 bits per heavy atom. The van der Waals surface area contributed by atoms with E-state index in [1.807, 2.05) is 0 Å². The van der Waals surface area contributed by atoms with Crippen LogP contribution in [0.15, 0.2) is 12.1 Å². The summed E-state index contributed by atoms with van der Waals surface area (Å²) in [5.74, 6) is -1.02. The maximum atomic E-state index is 11.6. The smallest absolute Gasteiger partial charge is 0.339 e. The van der Waals surface area contributed by atoms with Gasteiger partial charge < -0.3 is 10.5 Å². The maximum Gasteiger partial charge on any atom is 0.339 e. The minimum Gasteiger partial charge on any atom is -0.461 e. The predicted octanol–water partition coefficient (Wildman–Crippen LogP) is 1.78. The molecule has 100 valence electrons. The summed E-state index contributed by atoms with van der Waals surface area (Å²) in [6.45, 7) is -0.250. The first-order chi connectivity index (χ1) is 8.20. The number of hydrogen-bond donors (Lipinski definition) is 1. The van der Waals surface area contributed by atoms with Gasteiger partial charge in [-0.2, -0.15) is 0 Å². The van der Waals surface area contributed by atoms with E-state index in [2.05, 4.69) is 0 Å². The molecule has 0 saturated carbocycles. The number of hydrogen-bond acceptors (Lipinski definition) is 5. The van der Waals surface area contributed by atoms with Crippen molar-refractivity contribution < 1.29 is 17.9 Å².